The van der Waals surface area contributed by atoms with Crippen LogP contribution in [0.4, 0.5) is 8.78 Å². The largest absolute Gasteiger partial charge is 0.316 e. The molecule has 2 nitrogen and oxygen atoms in total. The molecule has 0 spiro atoms. The highest BCUT2D eigenvalue weighted by Crippen LogP contribution is 2.23. The van der Waals surface area contributed by atoms with Crippen LogP contribution in [0, 0.1) is 11.6 Å². The molecule has 17 heavy (non-hydrogen) atoms. The number of rotatable bonds is 3. The van der Waals surface area contributed by atoms with Gasteiger partial charge in [-0.05, 0) is 36.9 Å². The molecule has 0 saturated carbocycles. The van der Waals surface area contributed by atoms with E-state index in [1.54, 1.807) is 12.3 Å². The maximum atomic E-state index is 13.6. The Labute approximate surface area is 98.3 Å². The first-order valence-electron chi connectivity index (χ1n) is 5.24. The van der Waals surface area contributed by atoms with Crippen molar-refractivity contribution in [3.63, 3.8) is 0 Å². The zero-order chi connectivity index (χ0) is 12.3. The lowest BCUT2D eigenvalue weighted by Gasteiger charge is -2.06. The van der Waals surface area contributed by atoms with Crippen LogP contribution in [0.15, 0.2) is 36.7 Å². The molecule has 1 aromatic carbocycles. The van der Waals surface area contributed by atoms with Gasteiger partial charge in [-0.2, -0.15) is 0 Å². The van der Waals surface area contributed by atoms with E-state index in [2.05, 4.69) is 10.3 Å². The predicted octanol–water partition coefficient (Wildman–Crippen LogP) is 2.75. The van der Waals surface area contributed by atoms with Gasteiger partial charge in [0.1, 0.15) is 11.6 Å². The number of benzene rings is 1. The van der Waals surface area contributed by atoms with Crippen molar-refractivity contribution in [2.24, 2.45) is 0 Å². The lowest BCUT2D eigenvalue weighted by Crippen LogP contribution is -2.05. The Morgan fingerprint density at radius 1 is 1.18 bits per heavy atom. The molecule has 0 aliphatic rings. The highest BCUT2D eigenvalue weighted by Gasteiger charge is 2.07. The van der Waals surface area contributed by atoms with Gasteiger partial charge in [-0.15, -0.1) is 0 Å². The molecule has 0 aliphatic heterocycles. The van der Waals surface area contributed by atoms with Crippen LogP contribution in [-0.2, 0) is 6.54 Å². The van der Waals surface area contributed by atoms with E-state index in [1.807, 2.05) is 7.05 Å². The molecule has 0 amide bonds. The van der Waals surface area contributed by atoms with E-state index in [1.165, 1.54) is 12.3 Å². The van der Waals surface area contributed by atoms with E-state index in [0.717, 1.165) is 17.7 Å². The van der Waals surface area contributed by atoms with Crippen molar-refractivity contribution in [3.8, 4) is 11.1 Å². The average molecular weight is 234 g/mol. The molecule has 0 atom stereocenters. The molecule has 1 N–H and O–H groups in total. The number of hydrogen-bond acceptors (Lipinski definition) is 2. The van der Waals surface area contributed by atoms with Crippen LogP contribution in [0.5, 0.6) is 0 Å². The number of pyridine rings is 1. The number of hydrogen-bond donors (Lipinski definition) is 1. The van der Waals surface area contributed by atoms with E-state index < -0.39 is 11.6 Å². The van der Waals surface area contributed by atoms with Gasteiger partial charge in [-0.25, -0.2) is 8.78 Å². The van der Waals surface area contributed by atoms with Crippen molar-refractivity contribution in [2.75, 3.05) is 7.05 Å². The first-order valence-corrected chi connectivity index (χ1v) is 5.24. The van der Waals surface area contributed by atoms with Gasteiger partial charge in [0.15, 0.2) is 0 Å². The topological polar surface area (TPSA) is 24.9 Å². The summed E-state index contributed by atoms with van der Waals surface area (Å²) in [5.74, 6) is -0.907. The highest BCUT2D eigenvalue weighted by atomic mass is 19.1. The minimum atomic E-state index is -0.458. The third-order valence-electron chi connectivity index (χ3n) is 2.42. The van der Waals surface area contributed by atoms with Gasteiger partial charge in [0.05, 0.1) is 0 Å². The SMILES string of the molecule is CNCc1cncc(-c2cc(F)ccc2F)c1. The van der Waals surface area contributed by atoms with Crippen molar-refractivity contribution < 1.29 is 8.78 Å². The van der Waals surface area contributed by atoms with Crippen LogP contribution >= 0.6 is 0 Å². The summed E-state index contributed by atoms with van der Waals surface area (Å²) in [6.07, 6.45) is 3.22. The van der Waals surface area contributed by atoms with Gasteiger partial charge in [0.2, 0.25) is 0 Å². The third kappa shape index (κ3) is 2.65. The Morgan fingerprint density at radius 2 is 2.00 bits per heavy atom. The van der Waals surface area contributed by atoms with E-state index in [4.69, 9.17) is 0 Å². The first-order chi connectivity index (χ1) is 8.20. The van der Waals surface area contributed by atoms with Crippen LogP contribution in [0.2, 0.25) is 0 Å². The monoisotopic (exact) mass is 234 g/mol. The fourth-order valence-electron chi connectivity index (χ4n) is 1.65. The second-order valence-electron chi connectivity index (χ2n) is 3.74. The predicted molar refractivity (Wildman–Crippen MR) is 62.4 cm³/mol. The Hall–Kier alpha value is -1.81. The summed E-state index contributed by atoms with van der Waals surface area (Å²) in [5, 5.41) is 2.98. The Balaban J connectivity index is 2.45. The maximum Gasteiger partial charge on any atom is 0.131 e. The van der Waals surface area contributed by atoms with Crippen LogP contribution in [0.1, 0.15) is 5.56 Å². The quantitative estimate of drug-likeness (QED) is 0.883. The Kier molecular flexibility index (Phi) is 3.44. The standard InChI is InChI=1S/C13H12F2N2/c1-16-6-9-4-10(8-17-7-9)12-5-11(14)2-3-13(12)15/h2-5,7-8,16H,6H2,1H3. The zero-order valence-electron chi connectivity index (χ0n) is 9.37. The highest BCUT2D eigenvalue weighted by molar-refractivity contribution is 5.63. The smallest absolute Gasteiger partial charge is 0.131 e. The van der Waals surface area contributed by atoms with E-state index in [9.17, 15) is 8.78 Å². The van der Waals surface area contributed by atoms with Crippen LogP contribution < -0.4 is 5.32 Å². The van der Waals surface area contributed by atoms with Gasteiger partial charge in [0.25, 0.3) is 0 Å². The summed E-state index contributed by atoms with van der Waals surface area (Å²) in [6.45, 7) is 0.637. The number of nitrogens with zero attached hydrogens (tertiary/aromatic N) is 1. The van der Waals surface area contributed by atoms with Crippen molar-refractivity contribution in [2.45, 2.75) is 6.54 Å². The molecule has 0 fully saturated rings. The van der Waals surface area contributed by atoms with Gasteiger partial charge in [-0.3, -0.25) is 4.98 Å². The van der Waals surface area contributed by atoms with Crippen molar-refractivity contribution in [1.82, 2.24) is 10.3 Å². The maximum absolute atomic E-state index is 13.6. The average Bonchev–Trinajstić information content (AvgIpc) is 2.33. The molecule has 0 unspecified atom stereocenters. The van der Waals surface area contributed by atoms with Crippen LogP contribution in [0.25, 0.3) is 11.1 Å². The Bertz CT molecular complexity index is 527. The van der Waals surface area contributed by atoms with Crippen molar-refractivity contribution in [3.05, 3.63) is 53.9 Å². The molecule has 1 heterocycles. The van der Waals surface area contributed by atoms with E-state index >= 15 is 0 Å². The molecule has 0 aliphatic carbocycles. The van der Waals surface area contributed by atoms with E-state index in [-0.39, 0.29) is 5.56 Å². The fraction of sp³-hybridized carbons (Fsp3) is 0.154. The third-order valence-corrected chi connectivity index (χ3v) is 2.42. The summed E-state index contributed by atoms with van der Waals surface area (Å²) in [5.41, 5.74) is 1.74. The van der Waals surface area contributed by atoms with Crippen LogP contribution in [-0.4, -0.2) is 12.0 Å². The molecule has 2 aromatic rings. The molecule has 0 bridgehead atoms. The van der Waals surface area contributed by atoms with E-state index in [0.29, 0.717) is 12.1 Å². The molecule has 4 heteroatoms. The number of nitrogens with one attached hydrogen (secondary N) is 1. The summed E-state index contributed by atoms with van der Waals surface area (Å²) in [6, 6.07) is 5.19. The van der Waals surface area contributed by atoms with Gasteiger partial charge >= 0.3 is 0 Å². The minimum Gasteiger partial charge on any atom is -0.316 e. The summed E-state index contributed by atoms with van der Waals surface area (Å²) in [7, 11) is 1.81. The molecule has 88 valence electrons. The number of aromatic nitrogens is 1. The molecule has 0 radical (unpaired) electrons. The summed E-state index contributed by atoms with van der Waals surface area (Å²) in [4.78, 5) is 4.02. The normalized spacial score (nSPS) is 10.5. The fourth-order valence-corrected chi connectivity index (χ4v) is 1.65. The van der Waals surface area contributed by atoms with Crippen molar-refractivity contribution >= 4 is 0 Å². The summed E-state index contributed by atoms with van der Waals surface area (Å²) >= 11 is 0. The van der Waals surface area contributed by atoms with Gasteiger partial charge < -0.3 is 5.32 Å². The first kappa shape index (κ1) is 11.7. The molecule has 2 rings (SSSR count). The van der Waals surface area contributed by atoms with Gasteiger partial charge in [-0.1, -0.05) is 0 Å². The molecule has 0 saturated heterocycles. The lowest BCUT2D eigenvalue weighted by atomic mass is 10.1. The van der Waals surface area contributed by atoms with Crippen LogP contribution in [0.3, 0.4) is 0 Å². The minimum absolute atomic E-state index is 0.232. The lowest BCUT2D eigenvalue weighted by molar-refractivity contribution is 0.603. The second kappa shape index (κ2) is 5.01. The molecular weight excluding hydrogens is 222 g/mol. The van der Waals surface area contributed by atoms with Gasteiger partial charge in [0, 0.05) is 30.1 Å². The summed E-state index contributed by atoms with van der Waals surface area (Å²) < 4.78 is 26.6. The molecule has 1 aromatic heterocycles. The Morgan fingerprint density at radius 3 is 2.76 bits per heavy atom. The number of halogens is 2. The van der Waals surface area contributed by atoms with Crippen molar-refractivity contribution in [1.29, 1.82) is 0 Å². The zero-order valence-corrected chi connectivity index (χ0v) is 9.37. The second-order valence-corrected chi connectivity index (χ2v) is 3.74. The molecular formula is C13H12F2N2.